The molecule has 7 heteroatoms. The maximum Gasteiger partial charge on any atom is 0.246 e. The first-order valence-electron chi connectivity index (χ1n) is 8.48. The van der Waals surface area contributed by atoms with Crippen LogP contribution < -0.4 is 14.2 Å². The predicted octanol–water partition coefficient (Wildman–Crippen LogP) is 2.94. The van der Waals surface area contributed by atoms with Crippen molar-refractivity contribution in [3.63, 3.8) is 0 Å². The zero-order valence-electron chi connectivity index (χ0n) is 14.9. The second-order valence-electron chi connectivity index (χ2n) is 6.05. The maximum absolute atomic E-state index is 13.0. The van der Waals surface area contributed by atoms with Crippen LogP contribution in [0, 0.1) is 0 Å². The van der Waals surface area contributed by atoms with Crippen LogP contribution in [0.1, 0.15) is 12.8 Å². The third-order valence-corrected chi connectivity index (χ3v) is 6.36. The van der Waals surface area contributed by atoms with Gasteiger partial charge in [-0.15, -0.1) is 0 Å². The van der Waals surface area contributed by atoms with Crippen LogP contribution >= 0.6 is 0 Å². The molecule has 1 aliphatic heterocycles. The summed E-state index contributed by atoms with van der Waals surface area (Å²) in [5, 5.41) is 0. The Morgan fingerprint density at radius 3 is 2.23 bits per heavy atom. The molecule has 0 aliphatic carbocycles. The minimum Gasteiger partial charge on any atom is -0.497 e. The Kier molecular flexibility index (Phi) is 5.68. The summed E-state index contributed by atoms with van der Waals surface area (Å²) in [4.78, 5) is 0.127. The van der Waals surface area contributed by atoms with E-state index >= 15 is 0 Å². The molecule has 0 radical (unpaired) electrons. The molecule has 0 saturated carbocycles. The second-order valence-corrected chi connectivity index (χ2v) is 7.96. The number of hydrogen-bond donors (Lipinski definition) is 0. The molecule has 3 rings (SSSR count). The SMILES string of the molecule is COc1ccc(OC)c(S(=O)(=O)N2CCC(Oc3ccccc3)CC2)c1. The van der Waals surface area contributed by atoms with E-state index in [-0.39, 0.29) is 11.0 Å². The molecule has 1 fully saturated rings. The molecule has 0 N–H and O–H groups in total. The van der Waals surface area contributed by atoms with Gasteiger partial charge in [-0.05, 0) is 37.1 Å². The number of sulfonamides is 1. The molecule has 0 bridgehead atoms. The first-order valence-corrected chi connectivity index (χ1v) is 9.92. The first-order chi connectivity index (χ1) is 12.5. The number of hydrogen-bond acceptors (Lipinski definition) is 5. The quantitative estimate of drug-likeness (QED) is 0.774. The normalized spacial score (nSPS) is 16.2. The lowest BCUT2D eigenvalue weighted by Gasteiger charge is -2.31. The van der Waals surface area contributed by atoms with Gasteiger partial charge in [-0.2, -0.15) is 4.31 Å². The van der Waals surface area contributed by atoms with Gasteiger partial charge >= 0.3 is 0 Å². The molecule has 140 valence electrons. The lowest BCUT2D eigenvalue weighted by atomic mass is 10.1. The van der Waals surface area contributed by atoms with Gasteiger partial charge in [-0.25, -0.2) is 8.42 Å². The van der Waals surface area contributed by atoms with E-state index in [0.29, 0.717) is 37.4 Å². The van der Waals surface area contributed by atoms with E-state index in [4.69, 9.17) is 14.2 Å². The van der Waals surface area contributed by atoms with E-state index in [1.54, 1.807) is 12.1 Å². The summed E-state index contributed by atoms with van der Waals surface area (Å²) in [6.45, 7) is 0.806. The fourth-order valence-corrected chi connectivity index (χ4v) is 4.65. The molecule has 2 aromatic rings. The van der Waals surface area contributed by atoms with Gasteiger partial charge in [0.05, 0.1) is 14.2 Å². The fourth-order valence-electron chi connectivity index (χ4n) is 3.01. The van der Waals surface area contributed by atoms with Gasteiger partial charge in [0.15, 0.2) is 0 Å². The zero-order chi connectivity index (χ0) is 18.6. The smallest absolute Gasteiger partial charge is 0.246 e. The molecule has 1 saturated heterocycles. The summed E-state index contributed by atoms with van der Waals surface area (Å²) in [6.07, 6.45) is 1.29. The number of ether oxygens (including phenoxy) is 3. The van der Waals surface area contributed by atoms with Crippen molar-refractivity contribution in [2.24, 2.45) is 0 Å². The van der Waals surface area contributed by atoms with Crippen LogP contribution in [0.3, 0.4) is 0 Å². The van der Waals surface area contributed by atoms with Crippen LogP contribution in [0.2, 0.25) is 0 Å². The molecule has 0 spiro atoms. The van der Waals surface area contributed by atoms with Crippen LogP contribution in [0.4, 0.5) is 0 Å². The zero-order valence-corrected chi connectivity index (χ0v) is 15.7. The van der Waals surface area contributed by atoms with Crippen molar-refractivity contribution < 1.29 is 22.6 Å². The summed E-state index contributed by atoms with van der Waals surface area (Å²) in [7, 11) is -0.697. The second kappa shape index (κ2) is 7.97. The molecule has 0 aromatic heterocycles. The summed E-state index contributed by atoms with van der Waals surface area (Å²) in [6, 6.07) is 14.4. The molecule has 0 unspecified atom stereocenters. The number of methoxy groups -OCH3 is 2. The molecule has 6 nitrogen and oxygen atoms in total. The minimum absolute atomic E-state index is 0.0102. The van der Waals surface area contributed by atoms with Crippen molar-refractivity contribution >= 4 is 10.0 Å². The summed E-state index contributed by atoms with van der Waals surface area (Å²) >= 11 is 0. The molecule has 0 amide bonds. The van der Waals surface area contributed by atoms with E-state index in [1.807, 2.05) is 30.3 Å². The number of piperidine rings is 1. The van der Waals surface area contributed by atoms with Gasteiger partial charge in [0.2, 0.25) is 10.0 Å². The number of para-hydroxylation sites is 1. The Morgan fingerprint density at radius 2 is 1.62 bits per heavy atom. The van der Waals surface area contributed by atoms with Crippen molar-refractivity contribution in [1.29, 1.82) is 0 Å². The Balaban J connectivity index is 1.72. The predicted molar refractivity (Wildman–Crippen MR) is 98.4 cm³/mol. The largest absolute Gasteiger partial charge is 0.497 e. The fraction of sp³-hybridized carbons (Fsp3) is 0.368. The Bertz CT molecular complexity index is 830. The van der Waals surface area contributed by atoms with E-state index < -0.39 is 10.0 Å². The van der Waals surface area contributed by atoms with Crippen LogP contribution in [-0.2, 0) is 10.0 Å². The maximum atomic E-state index is 13.0. The highest BCUT2D eigenvalue weighted by Gasteiger charge is 2.32. The van der Waals surface area contributed by atoms with Crippen molar-refractivity contribution in [1.82, 2.24) is 4.31 Å². The molecule has 0 atom stereocenters. The Labute approximate surface area is 154 Å². The van der Waals surface area contributed by atoms with Crippen molar-refractivity contribution in [3.8, 4) is 17.2 Å². The average molecular weight is 377 g/mol. The molecular formula is C19H23NO5S. The first kappa shape index (κ1) is 18.5. The van der Waals surface area contributed by atoms with Crippen LogP contribution in [-0.4, -0.2) is 46.1 Å². The third-order valence-electron chi connectivity index (χ3n) is 4.44. The highest BCUT2D eigenvalue weighted by molar-refractivity contribution is 7.89. The van der Waals surface area contributed by atoms with Gasteiger partial charge in [0.1, 0.15) is 28.2 Å². The van der Waals surface area contributed by atoms with Crippen molar-refractivity contribution in [2.45, 2.75) is 23.8 Å². The molecular weight excluding hydrogens is 354 g/mol. The van der Waals surface area contributed by atoms with Gasteiger partial charge in [-0.3, -0.25) is 0 Å². The van der Waals surface area contributed by atoms with Crippen molar-refractivity contribution in [3.05, 3.63) is 48.5 Å². The molecule has 26 heavy (non-hydrogen) atoms. The topological polar surface area (TPSA) is 65.1 Å². The van der Waals surface area contributed by atoms with Crippen LogP contribution in [0.15, 0.2) is 53.4 Å². The van der Waals surface area contributed by atoms with E-state index in [9.17, 15) is 8.42 Å². The standard InChI is InChI=1S/C19H23NO5S/c1-23-17-8-9-18(24-2)19(14-17)26(21,22)20-12-10-16(11-13-20)25-15-6-4-3-5-7-15/h3-9,14,16H,10-13H2,1-2H3. The molecule has 1 heterocycles. The van der Waals surface area contributed by atoms with E-state index in [1.165, 1.54) is 24.6 Å². The van der Waals surface area contributed by atoms with Gasteiger partial charge in [0, 0.05) is 19.2 Å². The average Bonchev–Trinajstić information content (AvgIpc) is 2.68. The highest BCUT2D eigenvalue weighted by atomic mass is 32.2. The lowest BCUT2D eigenvalue weighted by Crippen LogP contribution is -2.41. The molecule has 1 aliphatic rings. The summed E-state index contributed by atoms with van der Waals surface area (Å²) in [5.74, 6) is 1.60. The van der Waals surface area contributed by atoms with Gasteiger partial charge in [0.25, 0.3) is 0 Å². The minimum atomic E-state index is -3.66. The van der Waals surface area contributed by atoms with Gasteiger partial charge in [-0.1, -0.05) is 18.2 Å². The summed E-state index contributed by atoms with van der Waals surface area (Å²) in [5.41, 5.74) is 0. The van der Waals surface area contributed by atoms with E-state index in [2.05, 4.69) is 0 Å². The number of nitrogens with zero attached hydrogens (tertiary/aromatic N) is 1. The van der Waals surface area contributed by atoms with Crippen LogP contribution in [0.5, 0.6) is 17.2 Å². The Morgan fingerprint density at radius 1 is 0.923 bits per heavy atom. The van der Waals surface area contributed by atoms with E-state index in [0.717, 1.165) is 5.75 Å². The summed E-state index contributed by atoms with van der Waals surface area (Å²) < 4.78 is 43.9. The van der Waals surface area contributed by atoms with Crippen LogP contribution in [0.25, 0.3) is 0 Å². The number of rotatable bonds is 6. The monoisotopic (exact) mass is 377 g/mol. The number of benzene rings is 2. The third kappa shape index (κ3) is 3.94. The lowest BCUT2D eigenvalue weighted by molar-refractivity contribution is 0.135. The Hall–Kier alpha value is -2.25. The highest BCUT2D eigenvalue weighted by Crippen LogP contribution is 2.32. The van der Waals surface area contributed by atoms with Gasteiger partial charge < -0.3 is 14.2 Å². The molecule has 2 aromatic carbocycles. The van der Waals surface area contributed by atoms with Crippen molar-refractivity contribution in [2.75, 3.05) is 27.3 Å².